The SMILES string of the molecule is CCOc1c(OC)cc(/C=C/C(=O)N2CCC=CC2=O)cc1OC. The van der Waals surface area contributed by atoms with E-state index in [4.69, 9.17) is 14.2 Å². The van der Waals surface area contributed by atoms with Crippen LogP contribution >= 0.6 is 0 Å². The van der Waals surface area contributed by atoms with Crippen molar-refractivity contribution in [3.05, 3.63) is 35.9 Å². The fraction of sp³-hybridized carbons (Fsp3) is 0.333. The highest BCUT2D eigenvalue weighted by Crippen LogP contribution is 2.38. The molecule has 0 spiro atoms. The van der Waals surface area contributed by atoms with Crippen molar-refractivity contribution in [2.45, 2.75) is 13.3 Å². The van der Waals surface area contributed by atoms with Gasteiger partial charge >= 0.3 is 0 Å². The van der Waals surface area contributed by atoms with Crippen LogP contribution < -0.4 is 14.2 Å². The molecule has 1 heterocycles. The predicted octanol–water partition coefficient (Wildman–Crippen LogP) is 2.43. The molecule has 0 radical (unpaired) electrons. The van der Waals surface area contributed by atoms with Crippen LogP contribution in [0.2, 0.25) is 0 Å². The lowest BCUT2D eigenvalue weighted by Gasteiger charge is -2.19. The van der Waals surface area contributed by atoms with Gasteiger partial charge in [0.2, 0.25) is 5.75 Å². The molecule has 2 amide bonds. The van der Waals surface area contributed by atoms with Gasteiger partial charge < -0.3 is 14.2 Å². The van der Waals surface area contributed by atoms with E-state index < -0.39 is 0 Å². The average molecular weight is 331 g/mol. The molecule has 0 bridgehead atoms. The maximum atomic E-state index is 12.2. The minimum atomic E-state index is -0.351. The number of amides is 2. The Labute approximate surface area is 141 Å². The van der Waals surface area contributed by atoms with Crippen molar-refractivity contribution >= 4 is 17.9 Å². The molecule has 1 aromatic carbocycles. The van der Waals surface area contributed by atoms with Crippen LogP contribution in [0, 0.1) is 0 Å². The monoisotopic (exact) mass is 331 g/mol. The second-order valence-corrected chi connectivity index (χ2v) is 5.04. The molecule has 1 aliphatic rings. The average Bonchev–Trinajstić information content (AvgIpc) is 2.60. The summed E-state index contributed by atoms with van der Waals surface area (Å²) in [5.74, 6) is 0.900. The summed E-state index contributed by atoms with van der Waals surface area (Å²) in [5, 5.41) is 0. The molecule has 128 valence electrons. The molecular weight excluding hydrogens is 310 g/mol. The number of rotatable bonds is 6. The smallest absolute Gasteiger partial charge is 0.253 e. The molecule has 0 aliphatic carbocycles. The molecule has 0 aromatic heterocycles. The van der Waals surface area contributed by atoms with Gasteiger partial charge in [-0.15, -0.1) is 0 Å². The zero-order valence-corrected chi connectivity index (χ0v) is 14.1. The number of carbonyl (C=O) groups is 2. The zero-order chi connectivity index (χ0) is 17.5. The number of carbonyl (C=O) groups excluding carboxylic acids is 2. The first kappa shape index (κ1) is 17.6. The first-order valence-corrected chi connectivity index (χ1v) is 7.69. The Hall–Kier alpha value is -2.76. The third-order valence-electron chi connectivity index (χ3n) is 3.50. The molecule has 24 heavy (non-hydrogen) atoms. The van der Waals surface area contributed by atoms with Crippen molar-refractivity contribution < 1.29 is 23.8 Å². The van der Waals surface area contributed by atoms with Gasteiger partial charge in [-0.1, -0.05) is 6.08 Å². The van der Waals surface area contributed by atoms with Crippen molar-refractivity contribution in [3.63, 3.8) is 0 Å². The predicted molar refractivity (Wildman–Crippen MR) is 90.2 cm³/mol. The summed E-state index contributed by atoms with van der Waals surface area (Å²) in [6, 6.07) is 3.49. The van der Waals surface area contributed by atoms with Crippen molar-refractivity contribution in [1.82, 2.24) is 4.90 Å². The van der Waals surface area contributed by atoms with E-state index in [1.807, 2.05) is 6.92 Å². The third kappa shape index (κ3) is 3.95. The van der Waals surface area contributed by atoms with Crippen LogP contribution in [0.1, 0.15) is 18.9 Å². The van der Waals surface area contributed by atoms with Gasteiger partial charge in [0.15, 0.2) is 11.5 Å². The molecule has 1 aliphatic heterocycles. The lowest BCUT2D eigenvalue weighted by atomic mass is 10.1. The van der Waals surface area contributed by atoms with E-state index in [1.165, 1.54) is 31.3 Å². The van der Waals surface area contributed by atoms with E-state index in [0.717, 1.165) is 0 Å². The van der Waals surface area contributed by atoms with Crippen LogP contribution in [0.3, 0.4) is 0 Å². The summed E-state index contributed by atoms with van der Waals surface area (Å²) in [6.07, 6.45) is 6.84. The van der Waals surface area contributed by atoms with Gasteiger partial charge in [0, 0.05) is 12.6 Å². The van der Waals surface area contributed by atoms with Crippen molar-refractivity contribution in [3.8, 4) is 17.2 Å². The van der Waals surface area contributed by atoms with Gasteiger partial charge in [-0.3, -0.25) is 14.5 Å². The summed E-state index contributed by atoms with van der Waals surface area (Å²) in [6.45, 7) is 2.74. The van der Waals surface area contributed by atoms with Crippen LogP contribution in [-0.2, 0) is 9.59 Å². The van der Waals surface area contributed by atoms with Crippen molar-refractivity contribution in [2.75, 3.05) is 27.4 Å². The van der Waals surface area contributed by atoms with E-state index >= 15 is 0 Å². The standard InChI is InChI=1S/C18H21NO5/c1-4-24-18-14(22-2)11-13(12-15(18)23-3)8-9-17(21)19-10-6-5-7-16(19)20/h5,7-9,11-12H,4,6,10H2,1-3H3/b9-8+. The van der Waals surface area contributed by atoms with Crippen LogP contribution in [0.5, 0.6) is 17.2 Å². The second-order valence-electron chi connectivity index (χ2n) is 5.04. The van der Waals surface area contributed by atoms with Gasteiger partial charge in [-0.05, 0) is 43.2 Å². The largest absolute Gasteiger partial charge is 0.493 e. The van der Waals surface area contributed by atoms with Gasteiger partial charge in [-0.25, -0.2) is 0 Å². The summed E-state index contributed by atoms with van der Waals surface area (Å²) in [7, 11) is 3.07. The first-order chi connectivity index (χ1) is 11.6. The highest BCUT2D eigenvalue weighted by atomic mass is 16.5. The van der Waals surface area contributed by atoms with E-state index in [-0.39, 0.29) is 11.8 Å². The van der Waals surface area contributed by atoms with Gasteiger partial charge in [-0.2, -0.15) is 0 Å². The second kappa shape index (κ2) is 8.19. The van der Waals surface area contributed by atoms with E-state index in [1.54, 1.807) is 24.3 Å². The Balaban J connectivity index is 2.24. The molecule has 1 aromatic rings. The normalized spacial score (nSPS) is 14.1. The fourth-order valence-electron chi connectivity index (χ4n) is 2.35. The van der Waals surface area contributed by atoms with Crippen molar-refractivity contribution in [2.24, 2.45) is 0 Å². The highest BCUT2D eigenvalue weighted by Gasteiger charge is 2.19. The minimum absolute atomic E-state index is 0.294. The maximum absolute atomic E-state index is 12.2. The number of methoxy groups -OCH3 is 2. The molecule has 0 N–H and O–H groups in total. The lowest BCUT2D eigenvalue weighted by molar-refractivity contribution is -0.139. The molecule has 0 saturated heterocycles. The quantitative estimate of drug-likeness (QED) is 0.749. The molecule has 6 heteroatoms. The number of nitrogens with zero attached hydrogens (tertiary/aromatic N) is 1. The van der Waals surface area contributed by atoms with E-state index in [2.05, 4.69) is 0 Å². The van der Waals surface area contributed by atoms with Gasteiger partial charge in [0.25, 0.3) is 11.8 Å². The number of hydrogen-bond acceptors (Lipinski definition) is 5. The number of imide groups is 1. The third-order valence-corrected chi connectivity index (χ3v) is 3.50. The Bertz CT molecular complexity index is 653. The summed E-state index contributed by atoms with van der Waals surface area (Å²) >= 11 is 0. The summed E-state index contributed by atoms with van der Waals surface area (Å²) < 4.78 is 16.2. The molecule has 6 nitrogen and oxygen atoms in total. The number of ether oxygens (including phenoxy) is 3. The summed E-state index contributed by atoms with van der Waals surface area (Å²) in [5.41, 5.74) is 0.709. The Morgan fingerprint density at radius 2 is 1.92 bits per heavy atom. The Kier molecular flexibility index (Phi) is 6.01. The van der Waals surface area contributed by atoms with E-state index in [0.29, 0.717) is 42.4 Å². The topological polar surface area (TPSA) is 65.1 Å². The number of hydrogen-bond donors (Lipinski definition) is 0. The van der Waals surface area contributed by atoms with Crippen LogP contribution in [0.25, 0.3) is 6.08 Å². The molecular formula is C18H21NO5. The van der Waals surface area contributed by atoms with Crippen molar-refractivity contribution in [1.29, 1.82) is 0 Å². The van der Waals surface area contributed by atoms with Gasteiger partial charge in [0.1, 0.15) is 0 Å². The lowest BCUT2D eigenvalue weighted by Crippen LogP contribution is -2.37. The van der Waals surface area contributed by atoms with Gasteiger partial charge in [0.05, 0.1) is 20.8 Å². The fourth-order valence-corrected chi connectivity index (χ4v) is 2.35. The Morgan fingerprint density at radius 1 is 1.25 bits per heavy atom. The zero-order valence-electron chi connectivity index (χ0n) is 14.1. The van der Waals surface area contributed by atoms with E-state index in [9.17, 15) is 9.59 Å². The molecule has 0 atom stereocenters. The van der Waals surface area contributed by atoms with Crippen LogP contribution in [0.15, 0.2) is 30.4 Å². The first-order valence-electron chi connectivity index (χ1n) is 7.69. The molecule has 2 rings (SSSR count). The molecule has 0 unspecified atom stereocenters. The molecule has 0 saturated carbocycles. The Morgan fingerprint density at radius 3 is 2.46 bits per heavy atom. The minimum Gasteiger partial charge on any atom is -0.493 e. The molecule has 0 fully saturated rings. The number of benzene rings is 1. The van der Waals surface area contributed by atoms with Crippen LogP contribution in [-0.4, -0.2) is 44.1 Å². The summed E-state index contributed by atoms with van der Waals surface area (Å²) in [4.78, 5) is 25.1. The highest BCUT2D eigenvalue weighted by molar-refractivity contribution is 6.06. The maximum Gasteiger partial charge on any atom is 0.253 e. The van der Waals surface area contributed by atoms with Crippen LogP contribution in [0.4, 0.5) is 0 Å².